The maximum absolute atomic E-state index is 13.2. The summed E-state index contributed by atoms with van der Waals surface area (Å²) in [6, 6.07) is 18.7. The highest BCUT2D eigenvalue weighted by atomic mass is 35.5. The molecule has 0 saturated heterocycles. The van der Waals surface area contributed by atoms with Crippen LogP contribution in [0, 0.1) is 0 Å². The number of amides is 2. The quantitative estimate of drug-likeness (QED) is 0.122. The lowest BCUT2D eigenvalue weighted by Crippen LogP contribution is -2.40. The Labute approximate surface area is 238 Å². The highest BCUT2D eigenvalue weighted by Crippen LogP contribution is 2.24. The lowest BCUT2D eigenvalue weighted by Gasteiger charge is -2.19. The van der Waals surface area contributed by atoms with E-state index in [0.717, 1.165) is 30.4 Å². The topological polar surface area (TPSA) is 132 Å². The molecule has 0 unspecified atom stereocenters. The predicted octanol–water partition coefficient (Wildman–Crippen LogP) is 5.53. The molecule has 0 aliphatic rings. The molecule has 6 N–H and O–H groups in total. The van der Waals surface area contributed by atoms with Gasteiger partial charge in [-0.25, -0.2) is 4.99 Å². The summed E-state index contributed by atoms with van der Waals surface area (Å²) in [6.07, 6.45) is 3.07. The molecule has 39 heavy (non-hydrogen) atoms. The average molecular weight is 571 g/mol. The summed E-state index contributed by atoms with van der Waals surface area (Å²) in [5.41, 5.74) is 13.8. The molecule has 0 bridgehead atoms. The van der Waals surface area contributed by atoms with E-state index >= 15 is 0 Å². The van der Waals surface area contributed by atoms with Crippen LogP contribution in [0.2, 0.25) is 10.0 Å². The van der Waals surface area contributed by atoms with Gasteiger partial charge in [0.25, 0.3) is 0 Å². The van der Waals surface area contributed by atoms with Crippen molar-refractivity contribution in [2.45, 2.75) is 51.8 Å². The van der Waals surface area contributed by atoms with Crippen LogP contribution in [0.15, 0.2) is 71.7 Å². The highest BCUT2D eigenvalue weighted by molar-refractivity contribution is 6.42. The molecule has 3 rings (SSSR count). The van der Waals surface area contributed by atoms with Gasteiger partial charge in [0.05, 0.1) is 15.7 Å². The van der Waals surface area contributed by atoms with E-state index in [-0.39, 0.29) is 24.3 Å². The maximum Gasteiger partial charge on any atom is 0.247 e. The second kappa shape index (κ2) is 15.0. The van der Waals surface area contributed by atoms with Crippen molar-refractivity contribution in [3.63, 3.8) is 0 Å². The number of nitrogens with one attached hydrogen (secondary N) is 2. The molecule has 0 saturated carbocycles. The van der Waals surface area contributed by atoms with Crippen LogP contribution < -0.4 is 26.8 Å². The summed E-state index contributed by atoms with van der Waals surface area (Å²) in [5.74, 6) is 0.0835. The van der Waals surface area contributed by atoms with Crippen molar-refractivity contribution in [2.75, 3.05) is 0 Å². The van der Waals surface area contributed by atoms with Crippen molar-refractivity contribution >= 4 is 46.7 Å². The summed E-state index contributed by atoms with van der Waals surface area (Å²) in [5, 5.41) is 6.73. The Hall–Kier alpha value is -3.75. The standard InChI is InChI=1S/C29H33Cl2N5O3/c1-2-3-4-5-26(37)36-27(28(38)34-17-19-6-11-22(12-7-19)35-29(32)33)21-9-13-23(14-10-21)39-18-20-8-15-24(30)25(31)16-20/h6-16,27H,2-5,17-18H2,1H3,(H,34,38)(H,36,37)(H4,32,33,35)/t27-/m1/s1. The minimum atomic E-state index is -0.857. The number of carbonyl (C=O) groups excluding carboxylic acids is 2. The van der Waals surface area contributed by atoms with Crippen LogP contribution in [0.4, 0.5) is 5.69 Å². The van der Waals surface area contributed by atoms with Gasteiger partial charge in [-0.3, -0.25) is 9.59 Å². The number of halogens is 2. The minimum absolute atomic E-state index is 0.0284. The zero-order valence-corrected chi connectivity index (χ0v) is 23.3. The molecule has 0 aliphatic carbocycles. The Morgan fingerprint density at radius 2 is 1.62 bits per heavy atom. The van der Waals surface area contributed by atoms with E-state index in [1.807, 2.05) is 18.2 Å². The zero-order valence-electron chi connectivity index (χ0n) is 21.8. The van der Waals surface area contributed by atoms with Crippen LogP contribution >= 0.6 is 23.2 Å². The van der Waals surface area contributed by atoms with Gasteiger partial charge in [-0.15, -0.1) is 0 Å². The Morgan fingerprint density at radius 1 is 0.923 bits per heavy atom. The number of hydrogen-bond donors (Lipinski definition) is 4. The van der Waals surface area contributed by atoms with Gasteiger partial charge in [0.15, 0.2) is 5.96 Å². The summed E-state index contributed by atoms with van der Waals surface area (Å²) in [7, 11) is 0. The molecule has 2 amide bonds. The molecule has 3 aromatic rings. The second-order valence-corrected chi connectivity index (χ2v) is 9.80. The molecule has 10 heteroatoms. The minimum Gasteiger partial charge on any atom is -0.489 e. The van der Waals surface area contributed by atoms with E-state index in [1.165, 1.54) is 0 Å². The molecule has 1 atom stereocenters. The van der Waals surface area contributed by atoms with E-state index < -0.39 is 6.04 Å². The Balaban J connectivity index is 1.67. The first-order chi connectivity index (χ1) is 18.7. The molecule has 0 spiro atoms. The number of nitrogens with two attached hydrogens (primary N) is 2. The van der Waals surface area contributed by atoms with Crippen LogP contribution in [-0.2, 0) is 22.7 Å². The number of nitrogens with zero attached hydrogens (tertiary/aromatic N) is 1. The molecule has 206 valence electrons. The molecule has 0 aliphatic heterocycles. The molecule has 8 nitrogen and oxygen atoms in total. The number of aliphatic imine (C=N–C) groups is 1. The molecule has 0 fully saturated rings. The second-order valence-electron chi connectivity index (χ2n) is 8.98. The van der Waals surface area contributed by atoms with E-state index in [2.05, 4.69) is 22.5 Å². The van der Waals surface area contributed by atoms with Crippen LogP contribution in [0.25, 0.3) is 0 Å². The van der Waals surface area contributed by atoms with Crippen molar-refractivity contribution in [2.24, 2.45) is 16.5 Å². The predicted molar refractivity (Wildman–Crippen MR) is 156 cm³/mol. The van der Waals surface area contributed by atoms with Gasteiger partial charge < -0.3 is 26.8 Å². The van der Waals surface area contributed by atoms with E-state index in [4.69, 9.17) is 39.4 Å². The molecule has 0 aromatic heterocycles. The number of ether oxygens (including phenoxy) is 1. The fourth-order valence-corrected chi connectivity index (χ4v) is 4.07. The molecular weight excluding hydrogens is 537 g/mol. The van der Waals surface area contributed by atoms with Gasteiger partial charge in [0.2, 0.25) is 11.8 Å². The van der Waals surface area contributed by atoms with Crippen LogP contribution in [0.1, 0.15) is 55.3 Å². The Kier molecular flexibility index (Phi) is 11.5. The van der Waals surface area contributed by atoms with Crippen LogP contribution in [-0.4, -0.2) is 17.8 Å². The number of guanidine groups is 1. The normalized spacial score (nSPS) is 11.4. The Bertz CT molecular complexity index is 1280. The monoisotopic (exact) mass is 569 g/mol. The smallest absolute Gasteiger partial charge is 0.247 e. The SMILES string of the molecule is CCCCCC(=O)N[C@@H](C(=O)NCc1ccc(N=C(N)N)cc1)c1ccc(OCc2ccc(Cl)c(Cl)c2)cc1. The summed E-state index contributed by atoms with van der Waals surface area (Å²) in [4.78, 5) is 29.8. The molecular formula is C29H33Cl2N5O3. The largest absolute Gasteiger partial charge is 0.489 e. The number of unbranched alkanes of at least 4 members (excludes halogenated alkanes) is 2. The number of carbonyl (C=O) groups is 2. The van der Waals surface area contributed by atoms with Crippen molar-refractivity contribution in [1.29, 1.82) is 0 Å². The number of rotatable bonds is 13. The fraction of sp³-hybridized carbons (Fsp3) is 0.276. The molecule has 3 aromatic carbocycles. The van der Waals surface area contributed by atoms with Gasteiger partial charge in [-0.1, -0.05) is 73.3 Å². The first-order valence-electron chi connectivity index (χ1n) is 12.7. The van der Waals surface area contributed by atoms with Crippen LogP contribution in [0.5, 0.6) is 5.75 Å². The van der Waals surface area contributed by atoms with Gasteiger partial charge in [-0.05, 0) is 59.5 Å². The van der Waals surface area contributed by atoms with E-state index in [1.54, 1.807) is 48.5 Å². The lowest BCUT2D eigenvalue weighted by molar-refractivity contribution is -0.129. The van der Waals surface area contributed by atoms with Gasteiger partial charge in [0.1, 0.15) is 18.4 Å². The highest BCUT2D eigenvalue weighted by Gasteiger charge is 2.22. The fourth-order valence-electron chi connectivity index (χ4n) is 3.75. The number of hydrogen-bond acceptors (Lipinski definition) is 4. The third kappa shape index (κ3) is 9.81. The maximum atomic E-state index is 13.2. The van der Waals surface area contributed by atoms with Crippen LogP contribution in [0.3, 0.4) is 0 Å². The van der Waals surface area contributed by atoms with Crippen molar-refractivity contribution in [3.8, 4) is 5.75 Å². The van der Waals surface area contributed by atoms with Gasteiger partial charge >= 0.3 is 0 Å². The summed E-state index contributed by atoms with van der Waals surface area (Å²) in [6.45, 7) is 2.65. The first kappa shape index (κ1) is 29.8. The lowest BCUT2D eigenvalue weighted by atomic mass is 10.0. The third-order valence-corrected chi connectivity index (χ3v) is 6.58. The summed E-state index contributed by atoms with van der Waals surface area (Å²) < 4.78 is 5.85. The Morgan fingerprint density at radius 3 is 2.26 bits per heavy atom. The summed E-state index contributed by atoms with van der Waals surface area (Å²) >= 11 is 12.1. The molecule has 0 heterocycles. The van der Waals surface area contributed by atoms with E-state index in [9.17, 15) is 9.59 Å². The van der Waals surface area contributed by atoms with E-state index in [0.29, 0.717) is 40.1 Å². The average Bonchev–Trinajstić information content (AvgIpc) is 2.92. The van der Waals surface area contributed by atoms with Gasteiger partial charge in [0, 0.05) is 13.0 Å². The zero-order chi connectivity index (χ0) is 28.2. The first-order valence-corrected chi connectivity index (χ1v) is 13.4. The van der Waals surface area contributed by atoms with Crippen molar-refractivity contribution < 1.29 is 14.3 Å². The third-order valence-electron chi connectivity index (χ3n) is 5.84. The van der Waals surface area contributed by atoms with Crippen molar-refractivity contribution in [1.82, 2.24) is 10.6 Å². The number of benzene rings is 3. The van der Waals surface area contributed by atoms with Gasteiger partial charge in [-0.2, -0.15) is 0 Å². The molecule has 0 radical (unpaired) electrons. The van der Waals surface area contributed by atoms with Crippen molar-refractivity contribution in [3.05, 3.63) is 93.5 Å².